The van der Waals surface area contributed by atoms with E-state index in [0.29, 0.717) is 35.2 Å². The fraction of sp³-hybridized carbons (Fsp3) is 0.429. The van der Waals surface area contributed by atoms with Crippen LogP contribution in [0.3, 0.4) is 0 Å². The SMILES string of the molecule is CC[C@H](C)OC(=O)C1=C(C)NC2=C(C(=O)[C@H](C(=O)OC)[C@@H](C)C2)[C@@H]1c1coc2ccc(C)cc2c1=O. The molecule has 1 aromatic heterocycles. The number of dihydropyridines is 1. The maximum Gasteiger partial charge on any atom is 0.337 e. The predicted octanol–water partition coefficient (Wildman–Crippen LogP) is 4.06. The average molecular weight is 494 g/mol. The first-order chi connectivity index (χ1) is 17.1. The Bertz CT molecular complexity index is 1380. The van der Waals surface area contributed by atoms with Gasteiger partial charge in [0.2, 0.25) is 0 Å². The lowest BCUT2D eigenvalue weighted by Gasteiger charge is -2.38. The standard InChI is InChI=1S/C28H31NO7/c1-7-15(4)36-28(33)22-16(5)29-19-11-14(3)21(27(32)34-6)26(31)24(19)23(22)18-12-35-20-9-8-13(2)10-17(20)25(18)30/h8-10,12,14-15,21,23,29H,7,11H2,1-6H3/t14-,15-,21+,23+/m0/s1. The van der Waals surface area contributed by atoms with Gasteiger partial charge in [-0.1, -0.05) is 25.5 Å². The molecular weight excluding hydrogens is 462 g/mol. The quantitative estimate of drug-likeness (QED) is 0.490. The fourth-order valence-electron chi connectivity index (χ4n) is 5.05. The number of benzene rings is 1. The van der Waals surface area contributed by atoms with Gasteiger partial charge in [0.05, 0.1) is 36.4 Å². The zero-order valence-electron chi connectivity index (χ0n) is 21.4. The van der Waals surface area contributed by atoms with Gasteiger partial charge in [-0.15, -0.1) is 0 Å². The van der Waals surface area contributed by atoms with Gasteiger partial charge in [-0.05, 0) is 51.7 Å². The molecule has 0 saturated heterocycles. The second-order valence-corrected chi connectivity index (χ2v) is 9.68. The Balaban J connectivity index is 1.97. The number of carbonyl (C=O) groups excluding carboxylic acids is 3. The smallest absolute Gasteiger partial charge is 0.337 e. The molecule has 8 heteroatoms. The number of rotatable bonds is 5. The van der Waals surface area contributed by atoms with Crippen molar-refractivity contribution in [2.24, 2.45) is 11.8 Å². The van der Waals surface area contributed by atoms with E-state index in [9.17, 15) is 19.2 Å². The van der Waals surface area contributed by atoms with E-state index in [-0.39, 0.29) is 34.2 Å². The van der Waals surface area contributed by atoms with Crippen LogP contribution in [0, 0.1) is 18.8 Å². The summed E-state index contributed by atoms with van der Waals surface area (Å²) in [6.45, 7) is 9.06. The van der Waals surface area contributed by atoms with Crippen molar-refractivity contribution in [3.8, 4) is 0 Å². The number of carbonyl (C=O) groups is 3. The van der Waals surface area contributed by atoms with E-state index in [0.717, 1.165) is 5.56 Å². The van der Waals surface area contributed by atoms with E-state index < -0.39 is 29.6 Å². The van der Waals surface area contributed by atoms with Crippen molar-refractivity contribution >= 4 is 28.7 Å². The topological polar surface area (TPSA) is 112 Å². The van der Waals surface area contributed by atoms with Gasteiger partial charge in [0.25, 0.3) is 0 Å². The van der Waals surface area contributed by atoms with E-state index >= 15 is 0 Å². The van der Waals surface area contributed by atoms with Gasteiger partial charge in [-0.3, -0.25) is 14.4 Å². The predicted molar refractivity (Wildman–Crippen MR) is 133 cm³/mol. The summed E-state index contributed by atoms with van der Waals surface area (Å²) >= 11 is 0. The van der Waals surface area contributed by atoms with Gasteiger partial charge >= 0.3 is 11.9 Å². The number of allylic oxidation sites excluding steroid dienone is 3. The molecule has 0 bridgehead atoms. The minimum Gasteiger partial charge on any atom is -0.468 e. The van der Waals surface area contributed by atoms with Gasteiger partial charge in [-0.25, -0.2) is 4.79 Å². The molecule has 0 radical (unpaired) electrons. The van der Waals surface area contributed by atoms with Gasteiger partial charge in [0, 0.05) is 22.5 Å². The Morgan fingerprint density at radius 2 is 1.94 bits per heavy atom. The summed E-state index contributed by atoms with van der Waals surface area (Å²) < 4.78 is 16.4. The molecule has 0 saturated carbocycles. The third-order valence-corrected chi connectivity index (χ3v) is 7.11. The van der Waals surface area contributed by atoms with Crippen LogP contribution in [0.25, 0.3) is 11.0 Å². The fourth-order valence-corrected chi connectivity index (χ4v) is 5.05. The van der Waals surface area contributed by atoms with Crippen LogP contribution < -0.4 is 10.7 Å². The van der Waals surface area contributed by atoms with E-state index in [2.05, 4.69) is 5.32 Å². The summed E-state index contributed by atoms with van der Waals surface area (Å²) in [5.74, 6) is -4.17. The molecule has 1 N–H and O–H groups in total. The summed E-state index contributed by atoms with van der Waals surface area (Å²) in [7, 11) is 1.24. The Kier molecular flexibility index (Phi) is 6.89. The van der Waals surface area contributed by atoms with E-state index in [1.165, 1.54) is 13.4 Å². The van der Waals surface area contributed by atoms with Crippen molar-refractivity contribution in [1.82, 2.24) is 5.32 Å². The Hall–Kier alpha value is -3.68. The maximum absolute atomic E-state index is 13.8. The lowest BCUT2D eigenvalue weighted by molar-refractivity contribution is -0.151. The number of ether oxygens (including phenoxy) is 2. The van der Waals surface area contributed by atoms with Gasteiger partial charge in [-0.2, -0.15) is 0 Å². The number of Topliss-reactive ketones (excluding diaryl/α,β-unsaturated/α-hetero) is 1. The number of methoxy groups -OCH3 is 1. The number of esters is 2. The molecule has 36 heavy (non-hydrogen) atoms. The van der Waals surface area contributed by atoms with Gasteiger partial charge < -0.3 is 19.2 Å². The van der Waals surface area contributed by atoms with Crippen LogP contribution in [0.5, 0.6) is 0 Å². The molecule has 2 heterocycles. The van der Waals surface area contributed by atoms with Crippen LogP contribution in [0.1, 0.15) is 57.6 Å². The zero-order chi connectivity index (χ0) is 26.3. The van der Waals surface area contributed by atoms with Crippen LogP contribution in [-0.4, -0.2) is 30.9 Å². The van der Waals surface area contributed by atoms with Gasteiger partial charge in [0.15, 0.2) is 11.2 Å². The summed E-state index contributed by atoms with van der Waals surface area (Å²) in [6.07, 6.45) is 1.92. The molecule has 8 nitrogen and oxygen atoms in total. The molecule has 4 rings (SSSR count). The number of aryl methyl sites for hydroxylation is 1. The first-order valence-corrected chi connectivity index (χ1v) is 12.1. The minimum absolute atomic E-state index is 0.143. The second kappa shape index (κ2) is 9.76. The molecular formula is C28H31NO7. The van der Waals surface area contributed by atoms with Crippen LogP contribution >= 0.6 is 0 Å². The van der Waals surface area contributed by atoms with Crippen molar-refractivity contribution in [1.29, 1.82) is 0 Å². The normalized spacial score (nSPS) is 22.7. The molecule has 1 aromatic carbocycles. The molecule has 2 aliphatic rings. The Labute approximate surface area is 209 Å². The van der Waals surface area contributed by atoms with Crippen molar-refractivity contribution in [3.05, 3.63) is 68.4 Å². The molecule has 0 amide bonds. The Morgan fingerprint density at radius 3 is 2.61 bits per heavy atom. The van der Waals surface area contributed by atoms with E-state index in [4.69, 9.17) is 13.9 Å². The molecule has 4 atom stereocenters. The highest BCUT2D eigenvalue weighted by atomic mass is 16.5. The van der Waals surface area contributed by atoms with Crippen LogP contribution in [0.4, 0.5) is 0 Å². The second-order valence-electron chi connectivity index (χ2n) is 9.68. The first-order valence-electron chi connectivity index (χ1n) is 12.1. The summed E-state index contributed by atoms with van der Waals surface area (Å²) in [4.78, 5) is 53.6. The highest BCUT2D eigenvalue weighted by Gasteiger charge is 2.48. The highest BCUT2D eigenvalue weighted by molar-refractivity contribution is 6.12. The summed E-state index contributed by atoms with van der Waals surface area (Å²) in [5.41, 5.74) is 2.49. The number of hydrogen-bond acceptors (Lipinski definition) is 8. The maximum atomic E-state index is 13.8. The largest absolute Gasteiger partial charge is 0.468 e. The number of fused-ring (bicyclic) bond motifs is 1. The van der Waals surface area contributed by atoms with Crippen molar-refractivity contribution < 1.29 is 28.3 Å². The molecule has 2 aromatic rings. The third kappa shape index (κ3) is 4.25. The van der Waals surface area contributed by atoms with Gasteiger partial charge in [0.1, 0.15) is 11.5 Å². The Morgan fingerprint density at radius 1 is 1.22 bits per heavy atom. The average Bonchev–Trinajstić information content (AvgIpc) is 2.83. The molecule has 190 valence electrons. The molecule has 1 aliphatic heterocycles. The molecule has 1 aliphatic carbocycles. The highest BCUT2D eigenvalue weighted by Crippen LogP contribution is 2.45. The number of hydrogen-bond donors (Lipinski definition) is 1. The number of ketones is 1. The van der Waals surface area contributed by atoms with Crippen LogP contribution in [0.2, 0.25) is 0 Å². The van der Waals surface area contributed by atoms with E-state index in [1.54, 1.807) is 32.9 Å². The minimum atomic E-state index is -1.05. The van der Waals surface area contributed by atoms with Crippen LogP contribution in [-0.2, 0) is 23.9 Å². The summed E-state index contributed by atoms with van der Waals surface area (Å²) in [5, 5.41) is 3.55. The van der Waals surface area contributed by atoms with Crippen molar-refractivity contribution in [3.63, 3.8) is 0 Å². The molecule has 0 spiro atoms. The lowest BCUT2D eigenvalue weighted by Crippen LogP contribution is -2.44. The van der Waals surface area contributed by atoms with E-state index in [1.807, 2.05) is 19.9 Å². The number of nitrogens with one attached hydrogen (secondary N) is 1. The molecule has 0 fully saturated rings. The zero-order valence-corrected chi connectivity index (χ0v) is 21.4. The third-order valence-electron chi connectivity index (χ3n) is 7.11. The summed E-state index contributed by atoms with van der Waals surface area (Å²) in [6, 6.07) is 5.27. The van der Waals surface area contributed by atoms with Crippen LogP contribution in [0.15, 0.2) is 56.2 Å². The van der Waals surface area contributed by atoms with Crippen molar-refractivity contribution in [2.45, 2.75) is 59.5 Å². The molecule has 0 unspecified atom stereocenters. The lowest BCUT2D eigenvalue weighted by atomic mass is 9.69. The first kappa shape index (κ1) is 25.4. The van der Waals surface area contributed by atoms with Crippen molar-refractivity contribution in [2.75, 3.05) is 7.11 Å². The monoisotopic (exact) mass is 493 g/mol.